The first kappa shape index (κ1) is 8.94. The van der Waals surface area contributed by atoms with Crippen LogP contribution < -0.4 is 0 Å². The minimum Gasteiger partial charge on any atom is -0.299 e. The predicted molar refractivity (Wildman–Crippen MR) is 55.8 cm³/mol. The van der Waals surface area contributed by atoms with E-state index in [9.17, 15) is 4.79 Å². The molecule has 3 aliphatic rings. The molecule has 0 aromatic carbocycles. The SMILES string of the molecule is CC1(C)[C@@H]2CC[C@@]1(C)[C@H]1C(=O)CC[C@@H]21. The van der Waals surface area contributed by atoms with E-state index in [0.717, 1.165) is 18.3 Å². The third-order valence-electron chi connectivity index (χ3n) is 6.08. The van der Waals surface area contributed by atoms with E-state index in [4.69, 9.17) is 0 Å². The van der Waals surface area contributed by atoms with Crippen molar-refractivity contribution in [2.45, 2.75) is 46.5 Å². The molecule has 14 heavy (non-hydrogen) atoms. The summed E-state index contributed by atoms with van der Waals surface area (Å²) in [4.78, 5) is 11.9. The van der Waals surface area contributed by atoms with E-state index in [1.807, 2.05) is 0 Å². The van der Waals surface area contributed by atoms with Crippen LogP contribution in [0, 0.1) is 28.6 Å². The van der Waals surface area contributed by atoms with Crippen LogP contribution in [-0.2, 0) is 4.79 Å². The molecular weight excluding hydrogens is 172 g/mol. The van der Waals surface area contributed by atoms with E-state index in [0.29, 0.717) is 22.5 Å². The Kier molecular flexibility index (Phi) is 1.44. The molecule has 3 fully saturated rings. The summed E-state index contributed by atoms with van der Waals surface area (Å²) in [5, 5.41) is 0. The van der Waals surface area contributed by atoms with Crippen LogP contribution >= 0.6 is 0 Å². The second-order valence-electron chi connectivity index (χ2n) is 6.43. The maximum absolute atomic E-state index is 11.9. The summed E-state index contributed by atoms with van der Waals surface area (Å²) >= 11 is 0. The molecule has 0 radical (unpaired) electrons. The number of carbonyl (C=O) groups is 1. The molecule has 78 valence electrons. The zero-order valence-electron chi connectivity index (χ0n) is 9.47. The topological polar surface area (TPSA) is 17.1 Å². The van der Waals surface area contributed by atoms with E-state index in [-0.39, 0.29) is 0 Å². The molecule has 0 heterocycles. The number of carbonyl (C=O) groups excluding carboxylic acids is 1. The smallest absolute Gasteiger partial charge is 0.136 e. The van der Waals surface area contributed by atoms with Crippen molar-refractivity contribution in [2.24, 2.45) is 28.6 Å². The molecule has 1 nitrogen and oxygen atoms in total. The fourth-order valence-electron chi connectivity index (χ4n) is 5.00. The number of fused-ring (bicyclic) bond motifs is 5. The minimum absolute atomic E-state index is 0.329. The Hall–Kier alpha value is -0.330. The molecule has 3 aliphatic carbocycles. The Morgan fingerprint density at radius 3 is 2.57 bits per heavy atom. The van der Waals surface area contributed by atoms with Crippen molar-refractivity contribution >= 4 is 5.78 Å². The van der Waals surface area contributed by atoms with Crippen LogP contribution in [0.2, 0.25) is 0 Å². The maximum Gasteiger partial charge on any atom is 0.136 e. The summed E-state index contributed by atoms with van der Waals surface area (Å²) in [7, 11) is 0. The van der Waals surface area contributed by atoms with E-state index in [2.05, 4.69) is 20.8 Å². The zero-order chi connectivity index (χ0) is 10.1. The molecule has 2 bridgehead atoms. The van der Waals surface area contributed by atoms with Gasteiger partial charge in [0.05, 0.1) is 0 Å². The van der Waals surface area contributed by atoms with Gasteiger partial charge in [-0.1, -0.05) is 20.8 Å². The summed E-state index contributed by atoms with van der Waals surface area (Å²) in [6, 6.07) is 0. The number of hydrogen-bond donors (Lipinski definition) is 0. The molecule has 0 aliphatic heterocycles. The van der Waals surface area contributed by atoms with Gasteiger partial charge in [-0.3, -0.25) is 4.79 Å². The van der Waals surface area contributed by atoms with Crippen LogP contribution in [0.15, 0.2) is 0 Å². The Morgan fingerprint density at radius 2 is 1.93 bits per heavy atom. The molecule has 4 atom stereocenters. The van der Waals surface area contributed by atoms with E-state index in [1.54, 1.807) is 0 Å². The summed E-state index contributed by atoms with van der Waals surface area (Å²) in [6.45, 7) is 7.17. The highest BCUT2D eigenvalue weighted by molar-refractivity contribution is 5.85. The van der Waals surface area contributed by atoms with Crippen molar-refractivity contribution in [1.82, 2.24) is 0 Å². The van der Waals surface area contributed by atoms with Gasteiger partial charge in [-0.05, 0) is 41.9 Å². The van der Waals surface area contributed by atoms with Gasteiger partial charge < -0.3 is 0 Å². The van der Waals surface area contributed by atoms with Gasteiger partial charge in [-0.25, -0.2) is 0 Å². The second-order valence-corrected chi connectivity index (χ2v) is 6.43. The average molecular weight is 192 g/mol. The summed E-state index contributed by atoms with van der Waals surface area (Å²) < 4.78 is 0. The normalized spacial score (nSPS) is 53.9. The van der Waals surface area contributed by atoms with E-state index >= 15 is 0 Å². The molecule has 1 heteroatoms. The lowest BCUT2D eigenvalue weighted by Gasteiger charge is -2.38. The molecule has 0 unspecified atom stereocenters. The zero-order valence-corrected chi connectivity index (χ0v) is 9.47. The first-order chi connectivity index (χ1) is 6.48. The fourth-order valence-corrected chi connectivity index (χ4v) is 5.00. The van der Waals surface area contributed by atoms with Crippen molar-refractivity contribution in [1.29, 1.82) is 0 Å². The van der Waals surface area contributed by atoms with E-state index in [1.165, 1.54) is 19.3 Å². The second kappa shape index (κ2) is 2.25. The van der Waals surface area contributed by atoms with E-state index < -0.39 is 0 Å². The monoisotopic (exact) mass is 192 g/mol. The standard InChI is InChI=1S/C13H20O/c1-12(2)9-6-7-13(12,3)11-8(9)4-5-10(11)14/h8-9,11H,4-7H2,1-3H3/t8-,9+,11+,13-/m0/s1. The van der Waals surface area contributed by atoms with Crippen LogP contribution in [0.3, 0.4) is 0 Å². The number of Topliss-reactive ketones (excluding diaryl/α,β-unsaturated/α-hetero) is 1. The molecule has 0 N–H and O–H groups in total. The highest BCUT2D eigenvalue weighted by Gasteiger charge is 2.68. The summed E-state index contributed by atoms with van der Waals surface area (Å²) in [5.41, 5.74) is 0.744. The van der Waals surface area contributed by atoms with Crippen molar-refractivity contribution in [3.63, 3.8) is 0 Å². The maximum atomic E-state index is 11.9. The largest absolute Gasteiger partial charge is 0.299 e. The van der Waals surface area contributed by atoms with Crippen LogP contribution in [0.25, 0.3) is 0 Å². The molecule has 3 saturated carbocycles. The van der Waals surface area contributed by atoms with Gasteiger partial charge in [0.1, 0.15) is 5.78 Å². The van der Waals surface area contributed by atoms with Gasteiger partial charge in [0, 0.05) is 12.3 Å². The van der Waals surface area contributed by atoms with Crippen molar-refractivity contribution < 1.29 is 4.79 Å². The number of rotatable bonds is 0. The molecule has 0 saturated heterocycles. The first-order valence-electron chi connectivity index (χ1n) is 6.01. The van der Waals surface area contributed by atoms with Crippen LogP contribution in [0.5, 0.6) is 0 Å². The lowest BCUT2D eigenvalue weighted by Crippen LogP contribution is -2.35. The van der Waals surface area contributed by atoms with Gasteiger partial charge in [-0.2, -0.15) is 0 Å². The van der Waals surface area contributed by atoms with Gasteiger partial charge in [0.25, 0.3) is 0 Å². The minimum atomic E-state index is 0.329. The molecule has 0 spiro atoms. The number of ketones is 1. The third-order valence-corrected chi connectivity index (χ3v) is 6.08. The Bertz CT molecular complexity index is 304. The first-order valence-corrected chi connectivity index (χ1v) is 6.01. The van der Waals surface area contributed by atoms with Crippen molar-refractivity contribution in [3.8, 4) is 0 Å². The average Bonchev–Trinajstić information content (AvgIpc) is 2.62. The fraction of sp³-hybridized carbons (Fsp3) is 0.923. The Morgan fingerprint density at radius 1 is 1.21 bits per heavy atom. The van der Waals surface area contributed by atoms with Gasteiger partial charge >= 0.3 is 0 Å². The third kappa shape index (κ3) is 0.697. The lowest BCUT2D eigenvalue weighted by molar-refractivity contribution is -0.125. The van der Waals surface area contributed by atoms with Crippen molar-refractivity contribution in [3.05, 3.63) is 0 Å². The van der Waals surface area contributed by atoms with Gasteiger partial charge in [0.15, 0.2) is 0 Å². The molecular formula is C13H20O. The quantitative estimate of drug-likeness (QED) is 0.576. The highest BCUT2D eigenvalue weighted by atomic mass is 16.1. The van der Waals surface area contributed by atoms with Crippen LogP contribution in [-0.4, -0.2) is 5.78 Å². The highest BCUT2D eigenvalue weighted by Crippen LogP contribution is 2.72. The summed E-state index contributed by atoms with van der Waals surface area (Å²) in [6.07, 6.45) is 4.72. The Balaban J connectivity index is 2.11. The summed E-state index contributed by atoms with van der Waals surface area (Å²) in [5.74, 6) is 2.59. The Labute approximate surface area is 86.3 Å². The lowest BCUT2D eigenvalue weighted by atomic mass is 9.66. The molecule has 0 amide bonds. The van der Waals surface area contributed by atoms with Crippen LogP contribution in [0.1, 0.15) is 46.5 Å². The molecule has 0 aromatic heterocycles. The van der Waals surface area contributed by atoms with Crippen LogP contribution in [0.4, 0.5) is 0 Å². The number of hydrogen-bond acceptors (Lipinski definition) is 1. The molecule has 0 aromatic rings. The van der Waals surface area contributed by atoms with Crippen molar-refractivity contribution in [2.75, 3.05) is 0 Å². The van der Waals surface area contributed by atoms with Gasteiger partial charge in [0.2, 0.25) is 0 Å². The van der Waals surface area contributed by atoms with Gasteiger partial charge in [-0.15, -0.1) is 0 Å². The molecule has 3 rings (SSSR count). The predicted octanol–water partition coefficient (Wildman–Crippen LogP) is 3.04.